The number of nitrogens with zero attached hydrogens (tertiary/aromatic N) is 4. The molecule has 3 aromatic rings. The van der Waals surface area contributed by atoms with Gasteiger partial charge < -0.3 is 125 Å². The van der Waals surface area contributed by atoms with E-state index < -0.39 is 217 Å². The van der Waals surface area contributed by atoms with Gasteiger partial charge in [0.25, 0.3) is 0 Å². The van der Waals surface area contributed by atoms with E-state index in [4.69, 9.17) is 42.6 Å². The van der Waals surface area contributed by atoms with Crippen molar-refractivity contribution >= 4 is 58.6 Å². The number of alkyl halides is 2. The smallest absolute Gasteiger partial charge is 0.246 e. The van der Waals surface area contributed by atoms with Gasteiger partial charge in [-0.15, -0.1) is 5.10 Å². The van der Waals surface area contributed by atoms with E-state index in [0.717, 1.165) is 22.8 Å². The molecule has 7 amide bonds. The van der Waals surface area contributed by atoms with E-state index in [9.17, 15) is 84.3 Å². The summed E-state index contributed by atoms with van der Waals surface area (Å²) in [5.74, 6) is -6.18. The fourth-order valence-electron chi connectivity index (χ4n) is 20.2. The Balaban J connectivity index is 0.607. The SMILES string of the molecule is CCCC1O[C@@H]2C[C@H]3[C@@H]4C[C@H](F)C5=CC(=O)C=C[C@]5(C)[C@@]4(F)[C@@H](O)C[C@]3(C)[C@]2(C(=O)CNC(=O)[C@H](C)NC(=O)[C@@H](NC(=O)[C@@H](CCCCNC(=O)COC2CCCCCc3c2nnn3[C@H]2O[C@H](CO)[C@@H]([C@]3(O)O[C@H](CO)[C@@H](O)[C@H](O)[C@H]3O)[C@H](O)[C@H]2O)NC(=O)CCOCCOCCOCCOCCNC(=O)CCC(=O)N2Cc3ccccc3C#Cc3ccccc32)C(C)C)O1. The van der Waals surface area contributed by atoms with E-state index in [-0.39, 0.29) is 147 Å². The van der Waals surface area contributed by atoms with Gasteiger partial charge >= 0.3 is 0 Å². The van der Waals surface area contributed by atoms with Crippen LogP contribution in [0.1, 0.15) is 178 Å². The highest BCUT2D eigenvalue weighted by Crippen LogP contribution is 2.72. The number of Topliss-reactive ketones (excluding diaryl/α,β-unsaturated/α-hetero) is 1. The molecule has 3 saturated carbocycles. The molecule has 0 bridgehead atoms. The Morgan fingerprint density at radius 3 is 2.10 bits per heavy atom. The van der Waals surface area contributed by atoms with Crippen LogP contribution in [0, 0.1) is 46.3 Å². The maximum Gasteiger partial charge on any atom is 0.246 e. The molecule has 3 saturated heterocycles. The van der Waals surface area contributed by atoms with Crippen molar-refractivity contribution in [3.63, 3.8) is 0 Å². The molecule has 130 heavy (non-hydrogen) atoms. The van der Waals surface area contributed by atoms with Crippen LogP contribution in [-0.2, 0) is 98.7 Å². The van der Waals surface area contributed by atoms with E-state index in [1.807, 2.05) is 55.5 Å². The minimum Gasteiger partial charge on any atom is -0.394 e. The number of carbonyl (C=O) groups is 9. The Bertz CT molecular complexity index is 4610. The van der Waals surface area contributed by atoms with Crippen molar-refractivity contribution in [1.29, 1.82) is 0 Å². The molecule has 2 unspecified atom stereocenters. The molecule has 716 valence electrons. The third kappa shape index (κ3) is 21.6. The van der Waals surface area contributed by atoms with Gasteiger partial charge in [-0.3, -0.25) is 43.2 Å². The van der Waals surface area contributed by atoms with E-state index >= 15 is 13.6 Å². The topological polar surface area (TPSA) is 525 Å². The van der Waals surface area contributed by atoms with Crippen molar-refractivity contribution in [3.8, 4) is 11.8 Å². The highest BCUT2D eigenvalue weighted by molar-refractivity contribution is 6.02. The molecule has 5 heterocycles. The van der Waals surface area contributed by atoms with Crippen molar-refractivity contribution in [2.45, 2.75) is 266 Å². The van der Waals surface area contributed by atoms with Crippen LogP contribution in [0.5, 0.6) is 0 Å². The molecule has 37 nitrogen and oxygen atoms in total. The molecule has 6 fully saturated rings. The number of amides is 7. The summed E-state index contributed by atoms with van der Waals surface area (Å²) in [5.41, 5.74) is -3.58. The third-order valence-electron chi connectivity index (χ3n) is 27.1. The molecule has 24 atom stereocenters. The number of ketones is 2. The summed E-state index contributed by atoms with van der Waals surface area (Å²) in [6, 6.07) is 11.2. The number of anilines is 1. The van der Waals surface area contributed by atoms with Gasteiger partial charge in [-0.2, -0.15) is 0 Å². The molecule has 5 aliphatic carbocycles. The standard InChI is InChI=1S/C91H126F2N10O27/c1-7-17-74-128-69-44-57-58-43-60(92)59-42-56(106)29-31-87(59,5)89(58,93)67(107)45-88(57,6)90(69,130-74)68(108)46-96-83(118)52(4)97-85(120)76(51(2)3)99-84(119)61(98-71(110)30-34-122-36-38-124-40-41-125-39-37-123-35-33-95-70(109)27-28-73(112)102-47-55-20-12-11-18-53(55)25-26-54-19-13-14-22-62(54)102)21-15-16-32-94-72(111)50-126-64-24-10-8-9-23-63-77(64)100-101-103(63)86-81(116)79(114)75(65(48-104)127-86)91(121)82(117)80(115)78(113)66(49-105)129-91/h11-14,18-20,22,29,31,42,51-52,57-58,60-61,64-67,69,74-76,78-82,86,104-105,107,113-117,121H,7-10,15-17,21,23-24,27-28,30,32-41,43-50H2,1-6H3,(H,94,111)(H,95,109)(H,96,118)(H,97,120)(H,98,110)(H,99,119)/t52-,57-,58-,60-,61+,64?,65+,66+,67-,69+,74?,75+,76-,78+,79-,80-,81+,82+,86-,87-,88-,89-,90+,91-/m0/s1. The Hall–Kier alpha value is -8.61. The normalized spacial score (nSPS) is 31.9. The number of carbonyl (C=O) groups excluding carboxylic acids is 9. The fourth-order valence-corrected chi connectivity index (χ4v) is 20.2. The third-order valence-corrected chi connectivity index (χ3v) is 27.1. The summed E-state index contributed by atoms with van der Waals surface area (Å²) in [5, 5.41) is 124. The van der Waals surface area contributed by atoms with E-state index in [1.54, 1.807) is 25.7 Å². The average molecular weight is 1830 g/mol. The summed E-state index contributed by atoms with van der Waals surface area (Å²) in [6.45, 7) is 8.60. The number of aromatic nitrogens is 3. The van der Waals surface area contributed by atoms with Gasteiger partial charge in [-0.25, -0.2) is 13.5 Å². The average Bonchev–Trinajstić information content (AvgIpc) is 1.47. The zero-order valence-corrected chi connectivity index (χ0v) is 74.2. The summed E-state index contributed by atoms with van der Waals surface area (Å²) >= 11 is 0. The van der Waals surface area contributed by atoms with Gasteiger partial charge in [0.05, 0.1) is 121 Å². The van der Waals surface area contributed by atoms with Crippen LogP contribution < -0.4 is 36.8 Å². The lowest BCUT2D eigenvalue weighted by Crippen LogP contribution is -2.73. The highest BCUT2D eigenvalue weighted by Gasteiger charge is 2.80. The fraction of sp³-hybridized carbons (Fsp3) is 0.681. The molecule has 0 radical (unpaired) electrons. The van der Waals surface area contributed by atoms with Gasteiger partial charge in [-0.05, 0) is 131 Å². The monoisotopic (exact) mass is 1830 g/mol. The van der Waals surface area contributed by atoms with Gasteiger partial charge in [0.15, 0.2) is 35.4 Å². The lowest BCUT2D eigenvalue weighted by Gasteiger charge is -2.63. The second-order valence-electron chi connectivity index (χ2n) is 35.8. The van der Waals surface area contributed by atoms with Crippen LogP contribution in [0.4, 0.5) is 14.5 Å². The summed E-state index contributed by atoms with van der Waals surface area (Å²) < 4.78 is 89.1. The van der Waals surface area contributed by atoms with Crippen molar-refractivity contribution in [2.75, 3.05) is 97.2 Å². The number of para-hydroxylation sites is 1. The first-order chi connectivity index (χ1) is 62.2. The number of benzene rings is 2. The van der Waals surface area contributed by atoms with Crippen molar-refractivity contribution in [1.82, 2.24) is 46.9 Å². The quantitative estimate of drug-likeness (QED) is 0.0270. The maximum absolute atomic E-state index is 18.2. The van der Waals surface area contributed by atoms with Gasteiger partial charge in [0.1, 0.15) is 73.2 Å². The first-order valence-corrected chi connectivity index (χ1v) is 45.3. The minimum absolute atomic E-state index is 0.00381. The Labute approximate surface area is 752 Å². The predicted octanol–water partition coefficient (Wildman–Crippen LogP) is 0.453. The predicted molar refractivity (Wildman–Crippen MR) is 455 cm³/mol. The molecule has 2 aromatic carbocycles. The number of aliphatic hydroxyl groups is 9. The number of aliphatic hydroxyl groups excluding tert-OH is 8. The van der Waals surface area contributed by atoms with Gasteiger partial charge in [-0.1, -0.05) is 100 Å². The molecule has 15 N–H and O–H groups in total. The van der Waals surface area contributed by atoms with Crippen LogP contribution in [-0.4, -0.2) is 309 Å². The molecule has 39 heteroatoms. The minimum atomic E-state index is -2.97. The van der Waals surface area contributed by atoms with Crippen LogP contribution in [0.25, 0.3) is 0 Å². The van der Waals surface area contributed by atoms with Crippen molar-refractivity contribution in [3.05, 3.63) is 100 Å². The van der Waals surface area contributed by atoms with E-state index in [0.29, 0.717) is 62.9 Å². The molecule has 9 aliphatic rings. The zero-order chi connectivity index (χ0) is 93.6. The van der Waals surface area contributed by atoms with E-state index in [2.05, 4.69) is 54.1 Å². The lowest BCUT2D eigenvalue weighted by molar-refractivity contribution is -0.402. The second-order valence-corrected chi connectivity index (χ2v) is 35.8. The Kier molecular flexibility index (Phi) is 34.4. The van der Waals surface area contributed by atoms with Crippen molar-refractivity contribution < 1.29 is 141 Å². The zero-order valence-electron chi connectivity index (χ0n) is 74.2. The number of hydrogen-bond acceptors (Lipinski definition) is 29. The molecular formula is C91H126F2N10O27. The summed E-state index contributed by atoms with van der Waals surface area (Å²) in [4.78, 5) is 126. The Morgan fingerprint density at radius 1 is 0.700 bits per heavy atom. The number of rotatable bonds is 42. The molecule has 0 spiro atoms. The molecule has 12 rings (SSSR count). The number of hydrogen-bond donors (Lipinski definition) is 15. The lowest BCUT2D eigenvalue weighted by atomic mass is 9.44. The number of allylic oxidation sites excluding steroid dienone is 4. The summed E-state index contributed by atoms with van der Waals surface area (Å²) in [7, 11) is 0. The van der Waals surface area contributed by atoms with Crippen LogP contribution in [0.3, 0.4) is 0 Å². The number of ether oxygens (including phenoxy) is 9. The van der Waals surface area contributed by atoms with Crippen LogP contribution >= 0.6 is 0 Å². The number of fused-ring (bicyclic) bond motifs is 10. The Morgan fingerprint density at radius 2 is 1.38 bits per heavy atom. The van der Waals surface area contributed by atoms with Crippen molar-refractivity contribution in [2.24, 2.45) is 34.5 Å². The first-order valence-electron chi connectivity index (χ1n) is 45.3. The molecule has 1 aromatic heterocycles. The van der Waals surface area contributed by atoms with Crippen LogP contribution in [0.15, 0.2) is 72.3 Å². The van der Waals surface area contributed by atoms with Gasteiger partial charge in [0.2, 0.25) is 47.1 Å². The highest BCUT2D eigenvalue weighted by atomic mass is 19.1. The second kappa shape index (κ2) is 44.5. The maximum atomic E-state index is 18.2. The first kappa shape index (κ1) is 100. The number of nitrogens with one attached hydrogen (secondary N) is 6. The van der Waals surface area contributed by atoms with E-state index in [1.165, 1.54) is 30.7 Å². The largest absolute Gasteiger partial charge is 0.394 e. The van der Waals surface area contributed by atoms with Crippen LogP contribution in [0.2, 0.25) is 0 Å². The number of halogens is 2. The molecular weight excluding hydrogens is 1700 g/mol. The molecule has 4 aliphatic heterocycles. The summed E-state index contributed by atoms with van der Waals surface area (Å²) in [6.07, 6.45) is -14.5. The number of unbranched alkanes of at least 4 members (excludes halogenated alkanes) is 1. The van der Waals surface area contributed by atoms with Gasteiger partial charge in [0, 0.05) is 60.2 Å².